The predicted molar refractivity (Wildman–Crippen MR) is 74.5 cm³/mol. The van der Waals surface area contributed by atoms with E-state index in [1.807, 2.05) is 6.92 Å². The van der Waals surface area contributed by atoms with Gasteiger partial charge >= 0.3 is 5.69 Å². The van der Waals surface area contributed by atoms with Crippen molar-refractivity contribution in [3.8, 4) is 0 Å². The number of rotatable bonds is 6. The van der Waals surface area contributed by atoms with Crippen molar-refractivity contribution in [2.24, 2.45) is 0 Å². The van der Waals surface area contributed by atoms with Crippen LogP contribution in [0.25, 0.3) is 0 Å². The number of aryl methyl sites for hydroxylation is 1. The van der Waals surface area contributed by atoms with Crippen LogP contribution in [0.5, 0.6) is 0 Å². The van der Waals surface area contributed by atoms with E-state index in [1.54, 1.807) is 6.92 Å². The number of nitrogens with zero attached hydrogens (tertiary/aromatic N) is 1. The summed E-state index contributed by atoms with van der Waals surface area (Å²) in [6.45, 7) is 5.74. The minimum Gasteiger partial charge on any atom is -0.310 e. The van der Waals surface area contributed by atoms with E-state index in [9.17, 15) is 9.59 Å². The van der Waals surface area contributed by atoms with Gasteiger partial charge in [-0.05, 0) is 19.8 Å². The molecule has 1 heterocycles. The summed E-state index contributed by atoms with van der Waals surface area (Å²) < 4.78 is 1.27. The molecule has 0 bridgehead atoms. The van der Waals surface area contributed by atoms with Gasteiger partial charge < -0.3 is 4.98 Å². The fourth-order valence-corrected chi connectivity index (χ4v) is 2.25. The van der Waals surface area contributed by atoms with Crippen molar-refractivity contribution in [2.75, 3.05) is 0 Å². The maximum atomic E-state index is 12.1. The molecule has 0 aliphatic carbocycles. The highest BCUT2D eigenvalue weighted by Gasteiger charge is 2.16. The quantitative estimate of drug-likeness (QED) is 0.810. The van der Waals surface area contributed by atoms with Crippen LogP contribution < -0.4 is 11.2 Å². The molecule has 102 valence electrons. The highest BCUT2D eigenvalue weighted by molar-refractivity contribution is 6.30. The number of aromatic nitrogens is 2. The third-order valence-corrected chi connectivity index (χ3v) is 3.67. The molecule has 0 aromatic carbocycles. The third kappa shape index (κ3) is 3.25. The van der Waals surface area contributed by atoms with Gasteiger partial charge in [-0.15, -0.1) is 0 Å². The van der Waals surface area contributed by atoms with E-state index in [-0.39, 0.29) is 22.3 Å². The van der Waals surface area contributed by atoms with Crippen molar-refractivity contribution < 1.29 is 0 Å². The summed E-state index contributed by atoms with van der Waals surface area (Å²) in [6.07, 6.45) is 4.85. The summed E-state index contributed by atoms with van der Waals surface area (Å²) in [5, 5.41) is 0.114. The molecule has 0 amide bonds. The lowest BCUT2D eigenvalue weighted by molar-refractivity contribution is 0.405. The summed E-state index contributed by atoms with van der Waals surface area (Å²) in [6, 6.07) is -0.0640. The average Bonchev–Trinajstić information content (AvgIpc) is 2.34. The fourth-order valence-electron chi connectivity index (χ4n) is 2.11. The minimum absolute atomic E-state index is 0.0640. The standard InChI is InChI=1S/C13H21ClN2O2/c1-4-6-7-8-10(5-2)16-12(17)11(14)9(3)15-13(16)18/h10H,4-8H2,1-3H3,(H,15,18). The number of halogens is 1. The van der Waals surface area contributed by atoms with Crippen LogP contribution in [0.4, 0.5) is 0 Å². The van der Waals surface area contributed by atoms with Gasteiger partial charge in [0.05, 0.1) is 0 Å². The van der Waals surface area contributed by atoms with E-state index >= 15 is 0 Å². The monoisotopic (exact) mass is 272 g/mol. The molecule has 0 spiro atoms. The Kier molecular flexibility index (Phi) is 5.66. The van der Waals surface area contributed by atoms with Crippen molar-refractivity contribution >= 4 is 11.6 Å². The zero-order valence-electron chi connectivity index (χ0n) is 11.3. The van der Waals surface area contributed by atoms with Crippen molar-refractivity contribution in [1.29, 1.82) is 0 Å². The molecule has 5 heteroatoms. The molecule has 1 aromatic rings. The molecule has 0 aliphatic rings. The summed E-state index contributed by atoms with van der Waals surface area (Å²) in [4.78, 5) is 26.6. The van der Waals surface area contributed by atoms with Gasteiger partial charge in [-0.25, -0.2) is 4.79 Å². The highest BCUT2D eigenvalue weighted by Crippen LogP contribution is 2.17. The molecule has 0 saturated heterocycles. The normalized spacial score (nSPS) is 12.7. The van der Waals surface area contributed by atoms with E-state index in [0.29, 0.717) is 5.69 Å². The smallest absolute Gasteiger partial charge is 0.310 e. The Labute approximate surface area is 112 Å². The Balaban J connectivity index is 3.10. The molecule has 1 aromatic heterocycles. The topological polar surface area (TPSA) is 54.9 Å². The van der Waals surface area contributed by atoms with Gasteiger partial charge in [-0.3, -0.25) is 9.36 Å². The molecule has 0 aliphatic heterocycles. The second-order valence-electron chi connectivity index (χ2n) is 4.60. The SMILES string of the molecule is CCCCCC(CC)n1c(=O)[nH]c(C)c(Cl)c1=O. The predicted octanol–water partition coefficient (Wildman–Crippen LogP) is 3.03. The van der Waals surface area contributed by atoms with Crippen LogP contribution in [0, 0.1) is 6.92 Å². The van der Waals surface area contributed by atoms with Crippen molar-refractivity contribution in [1.82, 2.24) is 9.55 Å². The highest BCUT2D eigenvalue weighted by atomic mass is 35.5. The van der Waals surface area contributed by atoms with Gasteiger partial charge in [0.1, 0.15) is 5.02 Å². The first-order chi connectivity index (χ1) is 8.52. The molecule has 0 saturated carbocycles. The summed E-state index contributed by atoms with van der Waals surface area (Å²) in [5.74, 6) is 0. The average molecular weight is 273 g/mol. The number of H-pyrrole nitrogens is 1. The molecular formula is C13H21ClN2O2. The van der Waals surface area contributed by atoms with E-state index in [2.05, 4.69) is 11.9 Å². The summed E-state index contributed by atoms with van der Waals surface area (Å²) in [5.41, 5.74) is -0.294. The summed E-state index contributed by atoms with van der Waals surface area (Å²) in [7, 11) is 0. The Morgan fingerprint density at radius 3 is 2.50 bits per heavy atom. The van der Waals surface area contributed by atoms with Crippen LogP contribution in [0.3, 0.4) is 0 Å². The van der Waals surface area contributed by atoms with Gasteiger partial charge in [0, 0.05) is 11.7 Å². The number of aromatic amines is 1. The number of hydrogen-bond acceptors (Lipinski definition) is 2. The lowest BCUT2D eigenvalue weighted by Gasteiger charge is -2.17. The number of hydrogen-bond donors (Lipinski definition) is 1. The van der Waals surface area contributed by atoms with Crippen molar-refractivity contribution in [3.05, 3.63) is 31.6 Å². The lowest BCUT2D eigenvalue weighted by atomic mass is 10.1. The number of nitrogens with one attached hydrogen (secondary N) is 1. The maximum absolute atomic E-state index is 12.1. The Morgan fingerprint density at radius 1 is 1.28 bits per heavy atom. The van der Waals surface area contributed by atoms with Crippen LogP contribution in [0.1, 0.15) is 57.7 Å². The molecule has 18 heavy (non-hydrogen) atoms. The van der Waals surface area contributed by atoms with Gasteiger partial charge in [0.25, 0.3) is 5.56 Å². The second kappa shape index (κ2) is 6.78. The zero-order valence-corrected chi connectivity index (χ0v) is 12.0. The minimum atomic E-state index is -0.374. The fraction of sp³-hybridized carbons (Fsp3) is 0.692. The van der Waals surface area contributed by atoms with Gasteiger partial charge in [0.2, 0.25) is 0 Å². The van der Waals surface area contributed by atoms with E-state index < -0.39 is 0 Å². The molecule has 4 nitrogen and oxygen atoms in total. The Bertz CT molecular complexity index is 505. The first-order valence-corrected chi connectivity index (χ1v) is 6.91. The molecule has 1 N–H and O–H groups in total. The van der Waals surface area contributed by atoms with Crippen molar-refractivity contribution in [2.45, 2.75) is 58.9 Å². The van der Waals surface area contributed by atoms with E-state index in [1.165, 1.54) is 4.57 Å². The van der Waals surface area contributed by atoms with Crippen molar-refractivity contribution in [3.63, 3.8) is 0 Å². The molecule has 1 atom stereocenters. The largest absolute Gasteiger partial charge is 0.328 e. The second-order valence-corrected chi connectivity index (χ2v) is 4.98. The first-order valence-electron chi connectivity index (χ1n) is 6.53. The van der Waals surface area contributed by atoms with Crippen LogP contribution >= 0.6 is 11.6 Å². The van der Waals surface area contributed by atoms with Crippen LogP contribution in [-0.4, -0.2) is 9.55 Å². The first kappa shape index (κ1) is 15.0. The maximum Gasteiger partial charge on any atom is 0.328 e. The van der Waals surface area contributed by atoms with E-state index in [4.69, 9.17) is 11.6 Å². The van der Waals surface area contributed by atoms with Gasteiger partial charge in [-0.1, -0.05) is 44.7 Å². The van der Waals surface area contributed by atoms with Crippen LogP contribution in [0.2, 0.25) is 5.02 Å². The van der Waals surface area contributed by atoms with Crippen LogP contribution in [0.15, 0.2) is 9.59 Å². The van der Waals surface area contributed by atoms with Gasteiger partial charge in [0.15, 0.2) is 0 Å². The number of unbranched alkanes of at least 4 members (excludes halogenated alkanes) is 2. The Morgan fingerprint density at radius 2 is 1.94 bits per heavy atom. The summed E-state index contributed by atoms with van der Waals surface area (Å²) >= 11 is 5.91. The molecule has 0 radical (unpaired) electrons. The van der Waals surface area contributed by atoms with Crippen LogP contribution in [-0.2, 0) is 0 Å². The molecule has 1 unspecified atom stereocenters. The third-order valence-electron chi connectivity index (χ3n) is 3.23. The van der Waals surface area contributed by atoms with Gasteiger partial charge in [-0.2, -0.15) is 0 Å². The molecule has 1 rings (SSSR count). The molecular weight excluding hydrogens is 252 g/mol. The zero-order chi connectivity index (χ0) is 13.7. The Hall–Kier alpha value is -1.03. The lowest BCUT2D eigenvalue weighted by Crippen LogP contribution is -2.38. The van der Waals surface area contributed by atoms with E-state index in [0.717, 1.165) is 32.1 Å². The molecule has 0 fully saturated rings.